The molecule has 0 aliphatic heterocycles. The molecule has 14 heavy (non-hydrogen) atoms. The van der Waals surface area contributed by atoms with Crippen molar-refractivity contribution in [1.29, 1.82) is 0 Å². The zero-order chi connectivity index (χ0) is 10.4. The SMILES string of the molecule is COc1cccc(SC/C(N)=N\O)c1. The Bertz CT molecular complexity index is 328. The molecule has 0 radical (unpaired) electrons. The third-order valence-electron chi connectivity index (χ3n) is 1.56. The summed E-state index contributed by atoms with van der Waals surface area (Å²) in [5.41, 5.74) is 5.34. The van der Waals surface area contributed by atoms with Gasteiger partial charge in [-0.2, -0.15) is 0 Å². The molecule has 0 aromatic heterocycles. The first kappa shape index (κ1) is 10.7. The number of ether oxygens (including phenoxy) is 1. The van der Waals surface area contributed by atoms with Crippen molar-refractivity contribution in [3.05, 3.63) is 24.3 Å². The number of thioether (sulfide) groups is 1. The lowest BCUT2D eigenvalue weighted by Crippen LogP contribution is -2.13. The van der Waals surface area contributed by atoms with E-state index < -0.39 is 0 Å². The summed E-state index contributed by atoms with van der Waals surface area (Å²) in [5, 5.41) is 11.2. The topological polar surface area (TPSA) is 67.8 Å². The van der Waals surface area contributed by atoms with Gasteiger partial charge in [0.2, 0.25) is 0 Å². The van der Waals surface area contributed by atoms with Gasteiger partial charge in [-0.25, -0.2) is 0 Å². The Morgan fingerprint density at radius 3 is 3.07 bits per heavy atom. The highest BCUT2D eigenvalue weighted by atomic mass is 32.2. The van der Waals surface area contributed by atoms with Gasteiger partial charge in [-0.05, 0) is 18.2 Å². The Kier molecular flexibility index (Phi) is 4.12. The molecule has 0 fully saturated rings. The van der Waals surface area contributed by atoms with E-state index in [0.29, 0.717) is 5.75 Å². The summed E-state index contributed by atoms with van der Waals surface area (Å²) >= 11 is 1.49. The van der Waals surface area contributed by atoms with Crippen molar-refractivity contribution in [3.63, 3.8) is 0 Å². The minimum atomic E-state index is 0.206. The van der Waals surface area contributed by atoms with E-state index in [-0.39, 0.29) is 5.84 Å². The number of methoxy groups -OCH3 is 1. The molecule has 0 spiro atoms. The monoisotopic (exact) mass is 212 g/mol. The predicted molar refractivity (Wildman–Crippen MR) is 57.1 cm³/mol. The molecule has 76 valence electrons. The number of nitrogens with zero attached hydrogens (tertiary/aromatic N) is 1. The fourth-order valence-electron chi connectivity index (χ4n) is 0.877. The molecule has 0 atom stereocenters. The third kappa shape index (κ3) is 3.18. The summed E-state index contributed by atoms with van der Waals surface area (Å²) in [7, 11) is 1.62. The standard InChI is InChI=1S/C9H12N2O2S/c1-13-7-3-2-4-8(5-7)14-6-9(10)11-12/h2-5,12H,6H2,1H3,(H2,10,11). The number of oxime groups is 1. The average molecular weight is 212 g/mol. The van der Waals surface area contributed by atoms with Gasteiger partial charge in [0.1, 0.15) is 11.6 Å². The molecule has 0 unspecified atom stereocenters. The minimum Gasteiger partial charge on any atom is -0.497 e. The molecule has 0 aliphatic carbocycles. The van der Waals surface area contributed by atoms with Crippen molar-refractivity contribution >= 4 is 17.6 Å². The molecule has 1 aromatic rings. The van der Waals surface area contributed by atoms with Crippen LogP contribution in [0.25, 0.3) is 0 Å². The molecule has 3 N–H and O–H groups in total. The van der Waals surface area contributed by atoms with Gasteiger partial charge in [0.25, 0.3) is 0 Å². The van der Waals surface area contributed by atoms with Gasteiger partial charge in [0.05, 0.1) is 12.9 Å². The zero-order valence-electron chi connectivity index (χ0n) is 7.80. The smallest absolute Gasteiger partial charge is 0.149 e. The number of rotatable bonds is 4. The lowest BCUT2D eigenvalue weighted by molar-refractivity contribution is 0.318. The summed E-state index contributed by atoms with van der Waals surface area (Å²) in [6, 6.07) is 7.61. The molecule has 0 heterocycles. The molecule has 0 aliphatic rings. The van der Waals surface area contributed by atoms with E-state index >= 15 is 0 Å². The fraction of sp³-hybridized carbons (Fsp3) is 0.222. The maximum Gasteiger partial charge on any atom is 0.149 e. The Labute approximate surface area is 86.7 Å². The van der Waals surface area contributed by atoms with Crippen LogP contribution in [0.3, 0.4) is 0 Å². The van der Waals surface area contributed by atoms with Crippen LogP contribution < -0.4 is 10.5 Å². The van der Waals surface area contributed by atoms with Crippen LogP contribution in [0.15, 0.2) is 34.3 Å². The maximum absolute atomic E-state index is 8.34. The van der Waals surface area contributed by atoms with Gasteiger partial charge >= 0.3 is 0 Å². The largest absolute Gasteiger partial charge is 0.497 e. The minimum absolute atomic E-state index is 0.206. The number of amidine groups is 1. The van der Waals surface area contributed by atoms with Gasteiger partial charge in [0.15, 0.2) is 0 Å². The van der Waals surface area contributed by atoms with E-state index in [1.54, 1.807) is 7.11 Å². The molecule has 5 heteroatoms. The average Bonchev–Trinajstić information content (AvgIpc) is 2.26. The van der Waals surface area contributed by atoms with E-state index in [2.05, 4.69) is 5.16 Å². The normalized spacial score (nSPS) is 11.4. The molecule has 1 aromatic carbocycles. The lowest BCUT2D eigenvalue weighted by Gasteiger charge is -2.03. The van der Waals surface area contributed by atoms with Gasteiger partial charge in [-0.15, -0.1) is 11.8 Å². The first-order valence-electron chi connectivity index (χ1n) is 3.99. The quantitative estimate of drug-likeness (QED) is 0.261. The van der Waals surface area contributed by atoms with Gasteiger partial charge in [-0.1, -0.05) is 11.2 Å². The first-order valence-corrected chi connectivity index (χ1v) is 4.98. The van der Waals surface area contributed by atoms with Gasteiger partial charge in [-0.3, -0.25) is 0 Å². The number of nitrogens with two attached hydrogens (primary N) is 1. The first-order chi connectivity index (χ1) is 6.76. The van der Waals surface area contributed by atoms with Crippen molar-refractivity contribution < 1.29 is 9.94 Å². The molecular formula is C9H12N2O2S. The van der Waals surface area contributed by atoms with Crippen molar-refractivity contribution in [1.82, 2.24) is 0 Å². The Hall–Kier alpha value is -1.36. The highest BCUT2D eigenvalue weighted by Gasteiger charge is 1.98. The number of hydrogen-bond donors (Lipinski definition) is 2. The summed E-state index contributed by atoms with van der Waals surface area (Å²) < 4.78 is 5.06. The second-order valence-corrected chi connectivity index (χ2v) is 3.61. The fourth-order valence-corrected chi connectivity index (χ4v) is 1.62. The summed E-state index contributed by atoms with van der Waals surface area (Å²) in [6.07, 6.45) is 0. The van der Waals surface area contributed by atoms with E-state index in [1.807, 2.05) is 24.3 Å². The Morgan fingerprint density at radius 2 is 2.43 bits per heavy atom. The van der Waals surface area contributed by atoms with Gasteiger partial charge < -0.3 is 15.7 Å². The summed E-state index contributed by atoms with van der Waals surface area (Å²) in [5.74, 6) is 1.47. The van der Waals surface area contributed by atoms with Crippen LogP contribution in [0, 0.1) is 0 Å². The molecule has 0 amide bonds. The molecule has 0 saturated carbocycles. The van der Waals surface area contributed by atoms with Crippen LogP contribution in [0.4, 0.5) is 0 Å². The van der Waals surface area contributed by atoms with E-state index in [0.717, 1.165) is 10.6 Å². The summed E-state index contributed by atoms with van der Waals surface area (Å²) in [6.45, 7) is 0. The molecular weight excluding hydrogens is 200 g/mol. The highest BCUT2D eigenvalue weighted by molar-refractivity contribution is 8.00. The highest BCUT2D eigenvalue weighted by Crippen LogP contribution is 2.22. The molecule has 4 nitrogen and oxygen atoms in total. The van der Waals surface area contributed by atoms with Crippen molar-refractivity contribution in [3.8, 4) is 5.75 Å². The van der Waals surface area contributed by atoms with Crippen LogP contribution in [0.2, 0.25) is 0 Å². The predicted octanol–water partition coefficient (Wildman–Crippen LogP) is 1.53. The van der Waals surface area contributed by atoms with Crippen LogP contribution in [-0.4, -0.2) is 23.9 Å². The van der Waals surface area contributed by atoms with Crippen LogP contribution in [0.5, 0.6) is 5.75 Å². The van der Waals surface area contributed by atoms with Gasteiger partial charge in [0, 0.05) is 4.90 Å². The number of benzene rings is 1. The van der Waals surface area contributed by atoms with Crippen LogP contribution in [-0.2, 0) is 0 Å². The van der Waals surface area contributed by atoms with E-state index in [4.69, 9.17) is 15.7 Å². The van der Waals surface area contributed by atoms with Crippen LogP contribution in [0.1, 0.15) is 0 Å². The molecule has 0 bridgehead atoms. The Morgan fingerprint density at radius 1 is 1.64 bits per heavy atom. The number of hydrogen-bond acceptors (Lipinski definition) is 4. The van der Waals surface area contributed by atoms with Crippen molar-refractivity contribution in [2.75, 3.05) is 12.9 Å². The zero-order valence-corrected chi connectivity index (χ0v) is 8.62. The summed E-state index contributed by atoms with van der Waals surface area (Å²) in [4.78, 5) is 1.02. The second-order valence-electron chi connectivity index (χ2n) is 2.56. The van der Waals surface area contributed by atoms with Crippen molar-refractivity contribution in [2.24, 2.45) is 10.9 Å². The maximum atomic E-state index is 8.34. The molecule has 0 saturated heterocycles. The van der Waals surface area contributed by atoms with Crippen LogP contribution >= 0.6 is 11.8 Å². The van der Waals surface area contributed by atoms with E-state index in [1.165, 1.54) is 11.8 Å². The second kappa shape index (κ2) is 5.39. The van der Waals surface area contributed by atoms with Crippen molar-refractivity contribution in [2.45, 2.75) is 4.90 Å². The molecule has 1 rings (SSSR count). The van der Waals surface area contributed by atoms with E-state index in [9.17, 15) is 0 Å². The third-order valence-corrected chi connectivity index (χ3v) is 2.58. The Balaban J connectivity index is 2.58. The lowest BCUT2D eigenvalue weighted by atomic mass is 10.3.